The van der Waals surface area contributed by atoms with E-state index in [4.69, 9.17) is 0 Å². The summed E-state index contributed by atoms with van der Waals surface area (Å²) in [6, 6.07) is 12.1. The van der Waals surface area contributed by atoms with Crippen LogP contribution in [-0.2, 0) is 17.6 Å². The fourth-order valence-electron chi connectivity index (χ4n) is 5.83. The Morgan fingerprint density at radius 1 is 1.03 bits per heavy atom. The molecule has 1 fully saturated rings. The van der Waals surface area contributed by atoms with E-state index in [0.717, 1.165) is 95.7 Å². The van der Waals surface area contributed by atoms with E-state index < -0.39 is 0 Å². The minimum Gasteiger partial charge on any atom is -0.349 e. The summed E-state index contributed by atoms with van der Waals surface area (Å²) in [5, 5.41) is 16.9. The van der Waals surface area contributed by atoms with Crippen LogP contribution in [0.5, 0.6) is 0 Å². The summed E-state index contributed by atoms with van der Waals surface area (Å²) in [5.41, 5.74) is 6.62. The number of nitrogens with one attached hydrogen (secondary N) is 2. The van der Waals surface area contributed by atoms with Crippen LogP contribution in [0.4, 0.5) is 5.69 Å². The molecule has 1 aromatic carbocycles. The third-order valence-electron chi connectivity index (χ3n) is 7.97. The number of anilines is 1. The quantitative estimate of drug-likeness (QED) is 0.262. The van der Waals surface area contributed by atoms with Crippen LogP contribution in [-0.4, -0.2) is 22.4 Å². The van der Waals surface area contributed by atoms with Gasteiger partial charge in [0.05, 0.1) is 5.56 Å². The van der Waals surface area contributed by atoms with Gasteiger partial charge < -0.3 is 15.2 Å². The van der Waals surface area contributed by atoms with Crippen molar-refractivity contribution in [2.24, 2.45) is 0 Å². The number of nitriles is 1. The molecule has 0 radical (unpaired) electrons. The van der Waals surface area contributed by atoms with Crippen LogP contribution in [0.3, 0.4) is 0 Å². The number of amides is 2. The number of aryl methyl sites for hydroxylation is 3. The van der Waals surface area contributed by atoms with Crippen molar-refractivity contribution in [1.29, 1.82) is 5.26 Å². The monoisotopic (exact) mass is 540 g/mol. The van der Waals surface area contributed by atoms with Crippen LogP contribution >= 0.6 is 11.3 Å². The van der Waals surface area contributed by atoms with Gasteiger partial charge in [0.1, 0.15) is 16.6 Å². The Labute approximate surface area is 234 Å². The van der Waals surface area contributed by atoms with Crippen molar-refractivity contribution in [3.05, 3.63) is 74.4 Å². The molecule has 7 heteroatoms. The lowest BCUT2D eigenvalue weighted by atomic mass is 9.95. The second kappa shape index (κ2) is 11.6. The highest BCUT2D eigenvalue weighted by atomic mass is 32.1. The zero-order valence-electron chi connectivity index (χ0n) is 23.0. The van der Waals surface area contributed by atoms with Gasteiger partial charge in [-0.3, -0.25) is 9.59 Å². The molecule has 0 saturated heterocycles. The van der Waals surface area contributed by atoms with Crippen molar-refractivity contribution < 1.29 is 9.59 Å². The molecule has 2 aliphatic carbocycles. The first kappa shape index (κ1) is 27.0. The summed E-state index contributed by atoms with van der Waals surface area (Å²) < 4.78 is 2.12. The maximum absolute atomic E-state index is 13.7. The Balaban J connectivity index is 1.50. The Bertz CT molecular complexity index is 1460. The van der Waals surface area contributed by atoms with Gasteiger partial charge in [-0.05, 0) is 94.7 Å². The van der Waals surface area contributed by atoms with Gasteiger partial charge in [0.15, 0.2) is 0 Å². The summed E-state index contributed by atoms with van der Waals surface area (Å²) in [7, 11) is 0. The van der Waals surface area contributed by atoms with E-state index in [1.807, 2.05) is 51.1 Å². The SMILES string of the molecule is Cc1ccc(NC(=O)c2c(-n3c(C)cc(/C=C(/C#N)C(=O)NC4CCCCC4)c3C)sc3c2CCCC3)cc1. The van der Waals surface area contributed by atoms with Crippen LogP contribution < -0.4 is 10.6 Å². The molecular weight excluding hydrogens is 504 g/mol. The molecule has 2 amide bonds. The fraction of sp³-hybridized carbons (Fsp3) is 0.406. The molecule has 3 aromatic rings. The van der Waals surface area contributed by atoms with E-state index in [1.54, 1.807) is 17.4 Å². The van der Waals surface area contributed by atoms with E-state index in [9.17, 15) is 14.9 Å². The Morgan fingerprint density at radius 2 is 1.74 bits per heavy atom. The van der Waals surface area contributed by atoms with E-state index in [2.05, 4.69) is 21.3 Å². The molecule has 0 spiro atoms. The lowest BCUT2D eigenvalue weighted by Crippen LogP contribution is -2.36. The minimum absolute atomic E-state index is 0.0950. The normalized spacial score (nSPS) is 15.9. The van der Waals surface area contributed by atoms with Crippen molar-refractivity contribution in [1.82, 2.24) is 9.88 Å². The first-order valence-electron chi connectivity index (χ1n) is 14.0. The van der Waals surface area contributed by atoms with Crippen LogP contribution in [0.1, 0.15) is 88.3 Å². The lowest BCUT2D eigenvalue weighted by Gasteiger charge is -2.22. The Kier molecular flexibility index (Phi) is 8.04. The summed E-state index contributed by atoms with van der Waals surface area (Å²) in [6.45, 7) is 6.03. The number of fused-ring (bicyclic) bond motifs is 1. The molecule has 2 aromatic heterocycles. The largest absolute Gasteiger partial charge is 0.349 e. The molecule has 0 aliphatic heterocycles. The predicted octanol–water partition coefficient (Wildman–Crippen LogP) is 6.95. The van der Waals surface area contributed by atoms with E-state index in [0.29, 0.717) is 0 Å². The van der Waals surface area contributed by atoms with E-state index in [-0.39, 0.29) is 23.4 Å². The number of benzene rings is 1. The van der Waals surface area contributed by atoms with Crippen molar-refractivity contribution >= 4 is 34.9 Å². The molecule has 202 valence electrons. The number of thiophene rings is 1. The van der Waals surface area contributed by atoms with Crippen LogP contribution in [0.2, 0.25) is 0 Å². The zero-order chi connectivity index (χ0) is 27.5. The van der Waals surface area contributed by atoms with Gasteiger partial charge in [0, 0.05) is 28.0 Å². The molecular formula is C32H36N4O2S. The Morgan fingerprint density at radius 3 is 2.46 bits per heavy atom. The summed E-state index contributed by atoms with van der Waals surface area (Å²) in [5.74, 6) is -0.402. The highest BCUT2D eigenvalue weighted by Gasteiger charge is 2.28. The maximum atomic E-state index is 13.7. The molecule has 1 saturated carbocycles. The number of hydrogen-bond donors (Lipinski definition) is 2. The standard InChI is InChI=1S/C32H36N4O2S/c1-20-13-15-26(16-14-20)35-31(38)29-27-11-7-8-12-28(27)39-32(29)36-21(2)17-23(22(36)3)18-24(19-33)30(37)34-25-9-5-4-6-10-25/h13-18,25H,4-12H2,1-3H3,(H,34,37)(H,35,38)/b24-18-. The third kappa shape index (κ3) is 5.72. The maximum Gasteiger partial charge on any atom is 0.262 e. The van der Waals surface area contributed by atoms with Crippen molar-refractivity contribution in [3.63, 3.8) is 0 Å². The van der Waals surface area contributed by atoms with Crippen LogP contribution in [0.25, 0.3) is 11.1 Å². The summed E-state index contributed by atoms with van der Waals surface area (Å²) in [6.07, 6.45) is 11.1. The predicted molar refractivity (Wildman–Crippen MR) is 157 cm³/mol. The average molecular weight is 541 g/mol. The second-order valence-electron chi connectivity index (χ2n) is 10.9. The lowest BCUT2D eigenvalue weighted by molar-refractivity contribution is -0.117. The van der Waals surface area contributed by atoms with Crippen molar-refractivity contribution in [2.45, 2.75) is 84.6 Å². The molecule has 2 N–H and O–H groups in total. The van der Waals surface area contributed by atoms with Gasteiger partial charge >= 0.3 is 0 Å². The molecule has 6 nitrogen and oxygen atoms in total. The van der Waals surface area contributed by atoms with E-state index >= 15 is 0 Å². The number of carbonyl (C=O) groups is 2. The van der Waals surface area contributed by atoms with Crippen molar-refractivity contribution in [2.75, 3.05) is 5.32 Å². The average Bonchev–Trinajstić information content (AvgIpc) is 3.44. The topological polar surface area (TPSA) is 86.9 Å². The van der Waals surface area contributed by atoms with Gasteiger partial charge in [-0.2, -0.15) is 5.26 Å². The van der Waals surface area contributed by atoms with E-state index in [1.165, 1.54) is 11.3 Å². The third-order valence-corrected chi connectivity index (χ3v) is 9.24. The number of nitrogens with zero attached hydrogens (tertiary/aromatic N) is 2. The minimum atomic E-state index is -0.307. The zero-order valence-corrected chi connectivity index (χ0v) is 23.8. The number of hydrogen-bond acceptors (Lipinski definition) is 4. The van der Waals surface area contributed by atoms with Crippen molar-refractivity contribution in [3.8, 4) is 11.1 Å². The van der Waals surface area contributed by atoms with Crippen LogP contribution in [0.15, 0.2) is 35.9 Å². The molecule has 2 heterocycles. The molecule has 39 heavy (non-hydrogen) atoms. The number of rotatable bonds is 6. The second-order valence-corrected chi connectivity index (χ2v) is 11.9. The summed E-state index contributed by atoms with van der Waals surface area (Å²) >= 11 is 1.69. The number of aromatic nitrogens is 1. The van der Waals surface area contributed by atoms with Gasteiger partial charge in [0.25, 0.3) is 11.8 Å². The first-order chi connectivity index (χ1) is 18.9. The fourth-order valence-corrected chi connectivity index (χ4v) is 7.33. The molecule has 2 aliphatic rings. The van der Waals surface area contributed by atoms with Gasteiger partial charge in [-0.15, -0.1) is 11.3 Å². The summed E-state index contributed by atoms with van der Waals surface area (Å²) in [4.78, 5) is 27.9. The van der Waals surface area contributed by atoms with Gasteiger partial charge in [0.2, 0.25) is 0 Å². The molecule has 5 rings (SSSR count). The Hall–Kier alpha value is -3.63. The van der Waals surface area contributed by atoms with Gasteiger partial charge in [-0.25, -0.2) is 0 Å². The smallest absolute Gasteiger partial charge is 0.262 e. The first-order valence-corrected chi connectivity index (χ1v) is 14.8. The van der Waals surface area contributed by atoms with Gasteiger partial charge in [-0.1, -0.05) is 37.0 Å². The highest BCUT2D eigenvalue weighted by molar-refractivity contribution is 7.15. The molecule has 0 unspecified atom stereocenters. The highest BCUT2D eigenvalue weighted by Crippen LogP contribution is 2.39. The number of carbonyl (C=O) groups excluding carboxylic acids is 2. The molecule has 0 bridgehead atoms. The van der Waals surface area contributed by atoms with Crippen LogP contribution in [0, 0.1) is 32.1 Å². The molecule has 0 atom stereocenters.